The molecule has 1 saturated heterocycles. The molecule has 0 saturated carbocycles. The van der Waals surface area contributed by atoms with Crippen LogP contribution in [0.25, 0.3) is 5.69 Å². The number of non-ortho nitro benzene ring substituents is 1. The third kappa shape index (κ3) is 3.69. The van der Waals surface area contributed by atoms with Crippen LogP contribution in [0, 0.1) is 17.0 Å². The number of hydrogen-bond donors (Lipinski definition) is 1. The Morgan fingerprint density at radius 2 is 2.00 bits per heavy atom. The maximum atomic E-state index is 11.3. The first-order chi connectivity index (χ1) is 13.1. The standard InChI is InChI=1S/C20H27N5O2/c1-15-8-9-16(25(26)27)13-19(15)24-20-17(7-3-4-10-21-20)18(22-24)14-23-11-5-2-6-12-23/h8-9,13,21H,2-7,10-12,14H2,1H3. The van der Waals surface area contributed by atoms with Crippen LogP contribution in [0.15, 0.2) is 18.2 Å². The lowest BCUT2D eigenvalue weighted by Gasteiger charge is -2.25. The van der Waals surface area contributed by atoms with Gasteiger partial charge in [0.2, 0.25) is 0 Å². The van der Waals surface area contributed by atoms with E-state index >= 15 is 0 Å². The first-order valence-corrected chi connectivity index (χ1v) is 9.96. The SMILES string of the molecule is Cc1ccc([N+](=O)[O-])cc1-n1nc(CN2CCCCC2)c2c1NCCCC2. The Bertz CT molecular complexity index is 839. The fourth-order valence-corrected chi connectivity index (χ4v) is 4.14. The van der Waals surface area contributed by atoms with E-state index in [4.69, 9.17) is 5.10 Å². The van der Waals surface area contributed by atoms with Crippen LogP contribution in [0.3, 0.4) is 0 Å². The first kappa shape index (κ1) is 18.0. The Morgan fingerprint density at radius 3 is 2.78 bits per heavy atom. The van der Waals surface area contributed by atoms with E-state index in [1.807, 2.05) is 17.7 Å². The molecule has 7 nitrogen and oxygen atoms in total. The second-order valence-corrected chi connectivity index (χ2v) is 7.63. The zero-order valence-corrected chi connectivity index (χ0v) is 15.9. The summed E-state index contributed by atoms with van der Waals surface area (Å²) in [5, 5.41) is 19.7. The van der Waals surface area contributed by atoms with Gasteiger partial charge in [-0.05, 0) is 57.7 Å². The highest BCUT2D eigenvalue weighted by Crippen LogP contribution is 2.31. The number of nitrogens with zero attached hydrogens (tertiary/aromatic N) is 4. The lowest BCUT2D eigenvalue weighted by Crippen LogP contribution is -2.29. The van der Waals surface area contributed by atoms with Crippen LogP contribution in [0.1, 0.15) is 48.9 Å². The average molecular weight is 369 g/mol. The molecular weight excluding hydrogens is 342 g/mol. The van der Waals surface area contributed by atoms with Gasteiger partial charge in [-0.15, -0.1) is 0 Å². The molecule has 1 aromatic heterocycles. The van der Waals surface area contributed by atoms with Gasteiger partial charge >= 0.3 is 0 Å². The van der Waals surface area contributed by atoms with Crippen molar-refractivity contribution in [2.24, 2.45) is 0 Å². The molecule has 1 fully saturated rings. The number of nitrogens with one attached hydrogen (secondary N) is 1. The summed E-state index contributed by atoms with van der Waals surface area (Å²) in [6.07, 6.45) is 7.12. The van der Waals surface area contributed by atoms with Crippen molar-refractivity contribution >= 4 is 11.5 Å². The number of piperidine rings is 1. The lowest BCUT2D eigenvalue weighted by atomic mass is 10.1. The van der Waals surface area contributed by atoms with Gasteiger partial charge in [0.1, 0.15) is 5.82 Å². The minimum absolute atomic E-state index is 0.103. The van der Waals surface area contributed by atoms with Crippen LogP contribution in [-0.2, 0) is 13.0 Å². The molecule has 27 heavy (non-hydrogen) atoms. The summed E-state index contributed by atoms with van der Waals surface area (Å²) in [5.41, 5.74) is 4.28. The van der Waals surface area contributed by atoms with Crippen molar-refractivity contribution in [3.05, 3.63) is 45.1 Å². The molecule has 1 N–H and O–H groups in total. The number of rotatable bonds is 4. The molecule has 2 aliphatic rings. The summed E-state index contributed by atoms with van der Waals surface area (Å²) in [4.78, 5) is 13.4. The molecule has 0 amide bonds. The van der Waals surface area contributed by atoms with E-state index < -0.39 is 0 Å². The summed E-state index contributed by atoms with van der Waals surface area (Å²) in [7, 11) is 0. The van der Waals surface area contributed by atoms with Gasteiger partial charge in [0.05, 0.1) is 16.3 Å². The smallest absolute Gasteiger partial charge is 0.271 e. The molecule has 7 heteroatoms. The maximum Gasteiger partial charge on any atom is 0.271 e. The van der Waals surface area contributed by atoms with E-state index in [9.17, 15) is 10.1 Å². The second-order valence-electron chi connectivity index (χ2n) is 7.63. The number of fused-ring (bicyclic) bond motifs is 1. The minimum Gasteiger partial charge on any atom is -0.370 e. The molecule has 0 unspecified atom stereocenters. The second kappa shape index (κ2) is 7.68. The molecule has 3 heterocycles. The van der Waals surface area contributed by atoms with Crippen molar-refractivity contribution in [1.29, 1.82) is 0 Å². The monoisotopic (exact) mass is 369 g/mol. The molecule has 0 atom stereocenters. The van der Waals surface area contributed by atoms with Crippen molar-refractivity contribution in [2.75, 3.05) is 25.0 Å². The number of aryl methyl sites for hydroxylation is 1. The predicted octanol–water partition coefficient (Wildman–Crippen LogP) is 3.82. The predicted molar refractivity (Wildman–Crippen MR) is 106 cm³/mol. The number of anilines is 1. The molecule has 2 aromatic rings. The molecule has 0 radical (unpaired) electrons. The zero-order chi connectivity index (χ0) is 18.8. The van der Waals surface area contributed by atoms with E-state index in [0.29, 0.717) is 0 Å². The number of likely N-dealkylation sites (tertiary alicyclic amines) is 1. The van der Waals surface area contributed by atoms with Crippen LogP contribution >= 0.6 is 0 Å². The van der Waals surface area contributed by atoms with Gasteiger partial charge in [-0.2, -0.15) is 5.10 Å². The summed E-state index contributed by atoms with van der Waals surface area (Å²) in [6.45, 7) is 6.02. The van der Waals surface area contributed by atoms with Gasteiger partial charge in [-0.25, -0.2) is 4.68 Å². The topological polar surface area (TPSA) is 76.2 Å². The number of nitro groups is 1. The molecular formula is C20H27N5O2. The largest absolute Gasteiger partial charge is 0.370 e. The highest BCUT2D eigenvalue weighted by atomic mass is 16.6. The van der Waals surface area contributed by atoms with E-state index in [0.717, 1.165) is 68.2 Å². The zero-order valence-electron chi connectivity index (χ0n) is 15.9. The maximum absolute atomic E-state index is 11.3. The molecule has 2 aliphatic heterocycles. The van der Waals surface area contributed by atoms with Crippen LogP contribution in [0.2, 0.25) is 0 Å². The number of aromatic nitrogens is 2. The van der Waals surface area contributed by atoms with Crippen molar-refractivity contribution < 1.29 is 4.92 Å². The number of benzene rings is 1. The highest BCUT2D eigenvalue weighted by Gasteiger charge is 2.24. The van der Waals surface area contributed by atoms with E-state index in [1.54, 1.807) is 12.1 Å². The van der Waals surface area contributed by atoms with Gasteiger partial charge in [0.25, 0.3) is 5.69 Å². The van der Waals surface area contributed by atoms with Crippen molar-refractivity contribution in [3.63, 3.8) is 0 Å². The summed E-state index contributed by atoms with van der Waals surface area (Å²) >= 11 is 0. The molecule has 0 aliphatic carbocycles. The third-order valence-corrected chi connectivity index (χ3v) is 5.67. The lowest BCUT2D eigenvalue weighted by molar-refractivity contribution is -0.384. The van der Waals surface area contributed by atoms with Gasteiger partial charge in [-0.1, -0.05) is 12.5 Å². The van der Waals surface area contributed by atoms with E-state index in [2.05, 4.69) is 10.2 Å². The first-order valence-electron chi connectivity index (χ1n) is 9.96. The normalized spacial score (nSPS) is 17.8. The van der Waals surface area contributed by atoms with Gasteiger partial charge < -0.3 is 5.32 Å². The molecule has 1 aromatic carbocycles. The summed E-state index contributed by atoms with van der Waals surface area (Å²) < 4.78 is 1.91. The van der Waals surface area contributed by atoms with Gasteiger partial charge in [0.15, 0.2) is 0 Å². The Hall–Kier alpha value is -2.41. The van der Waals surface area contributed by atoms with Crippen molar-refractivity contribution in [3.8, 4) is 5.69 Å². The molecule has 0 bridgehead atoms. The van der Waals surface area contributed by atoms with Crippen LogP contribution in [0.4, 0.5) is 11.5 Å². The fraction of sp³-hybridized carbons (Fsp3) is 0.550. The summed E-state index contributed by atoms with van der Waals surface area (Å²) in [5.74, 6) is 1.02. The average Bonchev–Trinajstić information content (AvgIpc) is 2.84. The Kier molecular flexibility index (Phi) is 5.11. The van der Waals surface area contributed by atoms with Gasteiger partial charge in [0, 0.05) is 30.8 Å². The highest BCUT2D eigenvalue weighted by molar-refractivity contribution is 5.58. The Balaban J connectivity index is 1.76. The fourth-order valence-electron chi connectivity index (χ4n) is 4.14. The molecule has 4 rings (SSSR count). The van der Waals surface area contributed by atoms with Gasteiger partial charge in [-0.3, -0.25) is 15.0 Å². The number of hydrogen-bond acceptors (Lipinski definition) is 5. The van der Waals surface area contributed by atoms with Crippen molar-refractivity contribution in [1.82, 2.24) is 14.7 Å². The third-order valence-electron chi connectivity index (χ3n) is 5.67. The Morgan fingerprint density at radius 1 is 1.19 bits per heavy atom. The summed E-state index contributed by atoms with van der Waals surface area (Å²) in [6, 6.07) is 5.01. The van der Waals surface area contributed by atoms with Crippen LogP contribution in [0.5, 0.6) is 0 Å². The molecule has 144 valence electrons. The van der Waals surface area contributed by atoms with E-state index in [-0.39, 0.29) is 10.6 Å². The minimum atomic E-state index is -0.340. The van der Waals surface area contributed by atoms with Crippen LogP contribution in [-0.4, -0.2) is 39.2 Å². The Labute approximate surface area is 159 Å². The molecule has 0 spiro atoms. The quantitative estimate of drug-likeness (QED) is 0.655. The van der Waals surface area contributed by atoms with Crippen LogP contribution < -0.4 is 5.32 Å². The number of nitro benzene ring substituents is 1. The van der Waals surface area contributed by atoms with E-state index in [1.165, 1.54) is 24.8 Å². The van der Waals surface area contributed by atoms with Crippen molar-refractivity contribution in [2.45, 2.75) is 52.0 Å².